The predicted molar refractivity (Wildman–Crippen MR) is 119 cm³/mol. The second-order valence-electron chi connectivity index (χ2n) is 7.25. The minimum atomic E-state index is -0.267. The molecule has 0 saturated carbocycles. The Morgan fingerprint density at radius 2 is 1.77 bits per heavy atom. The number of fused-ring (bicyclic) bond motifs is 1. The summed E-state index contributed by atoms with van der Waals surface area (Å²) >= 11 is 0. The number of hydrogen-bond acceptors (Lipinski definition) is 2. The van der Waals surface area contributed by atoms with E-state index < -0.39 is 0 Å². The quantitative estimate of drug-likeness (QED) is 0.369. The second-order valence-corrected chi connectivity index (χ2v) is 7.25. The van der Waals surface area contributed by atoms with Crippen LogP contribution in [0.2, 0.25) is 0 Å². The standard InChI is InChI=1S/C25H22FN3O/c1-17-14-21(18(2)29(17)23-12-10-22(26)11-13-23)16-27-28-25(30)15-20-8-5-7-19-6-3-4-9-24(19)20/h3-14,16H,15H2,1-2H3,(H,28,30)/b27-16-. The van der Waals surface area contributed by atoms with Crippen molar-refractivity contribution in [3.05, 3.63) is 101 Å². The molecule has 4 nitrogen and oxygen atoms in total. The zero-order chi connectivity index (χ0) is 21.1. The van der Waals surface area contributed by atoms with E-state index in [4.69, 9.17) is 0 Å². The summed E-state index contributed by atoms with van der Waals surface area (Å²) in [7, 11) is 0. The monoisotopic (exact) mass is 399 g/mol. The third-order valence-electron chi connectivity index (χ3n) is 5.18. The molecular formula is C25H22FN3O. The first-order valence-electron chi connectivity index (χ1n) is 9.76. The first-order chi connectivity index (χ1) is 14.5. The van der Waals surface area contributed by atoms with Gasteiger partial charge in [-0.3, -0.25) is 4.79 Å². The van der Waals surface area contributed by atoms with Crippen molar-refractivity contribution in [2.45, 2.75) is 20.3 Å². The molecule has 0 fully saturated rings. The fraction of sp³-hybridized carbons (Fsp3) is 0.120. The van der Waals surface area contributed by atoms with E-state index in [2.05, 4.69) is 10.5 Å². The van der Waals surface area contributed by atoms with Gasteiger partial charge in [-0.2, -0.15) is 5.10 Å². The molecule has 0 radical (unpaired) electrons. The normalized spacial score (nSPS) is 11.3. The number of carbonyl (C=O) groups is 1. The third-order valence-corrected chi connectivity index (χ3v) is 5.18. The van der Waals surface area contributed by atoms with Gasteiger partial charge in [0, 0.05) is 22.6 Å². The number of halogens is 1. The fourth-order valence-corrected chi connectivity index (χ4v) is 3.74. The summed E-state index contributed by atoms with van der Waals surface area (Å²) in [5.74, 6) is -0.438. The van der Waals surface area contributed by atoms with Crippen molar-refractivity contribution in [1.29, 1.82) is 0 Å². The molecule has 0 atom stereocenters. The highest BCUT2D eigenvalue weighted by Crippen LogP contribution is 2.20. The maximum Gasteiger partial charge on any atom is 0.244 e. The summed E-state index contributed by atoms with van der Waals surface area (Å²) in [6.45, 7) is 3.95. The Kier molecular flexibility index (Phi) is 5.44. The SMILES string of the molecule is Cc1cc(/C=N\NC(=O)Cc2cccc3ccccc23)c(C)n1-c1ccc(F)cc1. The summed E-state index contributed by atoms with van der Waals surface area (Å²) in [5.41, 5.74) is 7.33. The van der Waals surface area contributed by atoms with Gasteiger partial charge in [-0.25, -0.2) is 9.82 Å². The maximum atomic E-state index is 13.2. The van der Waals surface area contributed by atoms with Crippen molar-refractivity contribution >= 4 is 22.9 Å². The van der Waals surface area contributed by atoms with Gasteiger partial charge in [0.25, 0.3) is 0 Å². The molecule has 0 unspecified atom stereocenters. The van der Waals surface area contributed by atoms with Crippen LogP contribution in [-0.2, 0) is 11.2 Å². The zero-order valence-electron chi connectivity index (χ0n) is 16.9. The van der Waals surface area contributed by atoms with E-state index in [0.717, 1.165) is 39.0 Å². The Morgan fingerprint density at radius 1 is 1.03 bits per heavy atom. The molecule has 4 aromatic rings. The molecule has 0 spiro atoms. The van der Waals surface area contributed by atoms with Crippen LogP contribution in [0.25, 0.3) is 16.5 Å². The minimum absolute atomic E-state index is 0.171. The van der Waals surface area contributed by atoms with Crippen molar-refractivity contribution in [1.82, 2.24) is 9.99 Å². The van der Waals surface area contributed by atoms with Crippen LogP contribution in [0.5, 0.6) is 0 Å². The van der Waals surface area contributed by atoms with E-state index in [1.165, 1.54) is 12.1 Å². The van der Waals surface area contributed by atoms with Gasteiger partial charge < -0.3 is 4.57 Å². The Morgan fingerprint density at radius 3 is 2.57 bits per heavy atom. The molecule has 0 aliphatic heterocycles. The number of aryl methyl sites for hydroxylation is 1. The first kappa shape index (κ1) is 19.6. The number of hydrogen-bond donors (Lipinski definition) is 1. The van der Waals surface area contributed by atoms with Crippen LogP contribution in [0.3, 0.4) is 0 Å². The first-order valence-corrected chi connectivity index (χ1v) is 9.76. The van der Waals surface area contributed by atoms with Gasteiger partial charge in [-0.1, -0.05) is 42.5 Å². The molecular weight excluding hydrogens is 377 g/mol. The van der Waals surface area contributed by atoms with Gasteiger partial charge >= 0.3 is 0 Å². The van der Waals surface area contributed by atoms with Crippen LogP contribution in [0.15, 0.2) is 77.9 Å². The predicted octanol–water partition coefficient (Wildman–Crippen LogP) is 5.08. The summed E-state index contributed by atoms with van der Waals surface area (Å²) < 4.78 is 15.2. The minimum Gasteiger partial charge on any atom is -0.318 e. The second kappa shape index (κ2) is 8.33. The van der Waals surface area contributed by atoms with Crippen LogP contribution in [0.1, 0.15) is 22.5 Å². The Bertz CT molecular complexity index is 1230. The van der Waals surface area contributed by atoms with Crippen molar-refractivity contribution < 1.29 is 9.18 Å². The molecule has 150 valence electrons. The highest BCUT2D eigenvalue weighted by Gasteiger charge is 2.10. The molecule has 0 aliphatic rings. The van der Waals surface area contributed by atoms with Crippen LogP contribution in [0, 0.1) is 19.7 Å². The molecule has 3 aromatic carbocycles. The lowest BCUT2D eigenvalue weighted by Gasteiger charge is -2.09. The molecule has 30 heavy (non-hydrogen) atoms. The lowest BCUT2D eigenvalue weighted by molar-refractivity contribution is -0.120. The number of carbonyl (C=O) groups excluding carboxylic acids is 1. The summed E-state index contributed by atoms with van der Waals surface area (Å²) in [4.78, 5) is 12.4. The van der Waals surface area contributed by atoms with Crippen LogP contribution >= 0.6 is 0 Å². The number of benzene rings is 3. The number of hydrazone groups is 1. The van der Waals surface area contributed by atoms with E-state index in [1.807, 2.05) is 66.9 Å². The third kappa shape index (κ3) is 4.01. The van der Waals surface area contributed by atoms with E-state index in [9.17, 15) is 9.18 Å². The Hall–Kier alpha value is -3.73. The van der Waals surface area contributed by atoms with Gasteiger partial charge in [0.2, 0.25) is 5.91 Å². The highest BCUT2D eigenvalue weighted by atomic mass is 19.1. The van der Waals surface area contributed by atoms with Crippen molar-refractivity contribution in [2.24, 2.45) is 5.10 Å². The summed E-state index contributed by atoms with van der Waals surface area (Å²) in [6, 6.07) is 22.3. The molecule has 5 heteroatoms. The molecule has 4 rings (SSSR count). The zero-order valence-corrected chi connectivity index (χ0v) is 16.9. The van der Waals surface area contributed by atoms with Gasteiger partial charge in [0.1, 0.15) is 5.82 Å². The lowest BCUT2D eigenvalue weighted by Crippen LogP contribution is -2.19. The summed E-state index contributed by atoms with van der Waals surface area (Å²) in [5, 5.41) is 6.32. The molecule has 0 aliphatic carbocycles. The van der Waals surface area contributed by atoms with Crippen molar-refractivity contribution in [2.75, 3.05) is 0 Å². The topological polar surface area (TPSA) is 46.4 Å². The van der Waals surface area contributed by atoms with E-state index in [1.54, 1.807) is 18.3 Å². The van der Waals surface area contributed by atoms with Crippen LogP contribution in [-0.4, -0.2) is 16.7 Å². The summed E-state index contributed by atoms with van der Waals surface area (Å²) in [6.07, 6.45) is 1.90. The maximum absolute atomic E-state index is 13.2. The van der Waals surface area contributed by atoms with Gasteiger partial charge in [0.15, 0.2) is 0 Å². The number of aromatic nitrogens is 1. The van der Waals surface area contributed by atoms with Gasteiger partial charge in [-0.15, -0.1) is 0 Å². The van der Waals surface area contributed by atoms with Crippen molar-refractivity contribution in [3.63, 3.8) is 0 Å². The smallest absolute Gasteiger partial charge is 0.244 e. The number of rotatable bonds is 5. The molecule has 0 bridgehead atoms. The largest absolute Gasteiger partial charge is 0.318 e. The van der Waals surface area contributed by atoms with E-state index in [0.29, 0.717) is 0 Å². The fourth-order valence-electron chi connectivity index (χ4n) is 3.74. The number of nitrogens with zero attached hydrogens (tertiary/aromatic N) is 2. The lowest BCUT2D eigenvalue weighted by atomic mass is 10.0. The molecule has 1 amide bonds. The average molecular weight is 399 g/mol. The van der Waals surface area contributed by atoms with Crippen LogP contribution in [0.4, 0.5) is 4.39 Å². The number of nitrogens with one attached hydrogen (secondary N) is 1. The Labute approximate surface area is 174 Å². The highest BCUT2D eigenvalue weighted by molar-refractivity contribution is 5.90. The number of amides is 1. The van der Waals surface area contributed by atoms with Gasteiger partial charge in [-0.05, 0) is 60.5 Å². The van der Waals surface area contributed by atoms with Crippen molar-refractivity contribution in [3.8, 4) is 5.69 Å². The molecule has 1 heterocycles. The Balaban J connectivity index is 1.47. The van der Waals surface area contributed by atoms with Gasteiger partial charge in [0.05, 0.1) is 12.6 Å². The molecule has 1 N–H and O–H groups in total. The van der Waals surface area contributed by atoms with E-state index in [-0.39, 0.29) is 18.1 Å². The average Bonchev–Trinajstić information content (AvgIpc) is 3.02. The van der Waals surface area contributed by atoms with E-state index >= 15 is 0 Å². The van der Waals surface area contributed by atoms with Crippen LogP contribution < -0.4 is 5.43 Å². The molecule has 1 aromatic heterocycles. The molecule has 0 saturated heterocycles.